The van der Waals surface area contributed by atoms with Crippen molar-refractivity contribution in [2.75, 3.05) is 47.0 Å². The lowest BCUT2D eigenvalue weighted by molar-refractivity contribution is -0.132. The van der Waals surface area contributed by atoms with Crippen LogP contribution in [0.15, 0.2) is 36.4 Å². The fourth-order valence-electron chi connectivity index (χ4n) is 3.47. The standard InChI is InChI=1S/C23H26Cl2N2O5/c1-30-18-9-8-16(15-20(18)31-2)23(29)27-12-10-26(11-13-27)21(28)7-4-14-32-19-6-3-5-17(24)22(19)25/h3,5-6,8-9,15H,4,7,10-14H2,1-2H3. The van der Waals surface area contributed by atoms with E-state index in [0.29, 0.717) is 78.5 Å². The molecular formula is C23H26Cl2N2O5. The molecule has 2 aromatic carbocycles. The molecule has 2 aromatic rings. The third-order valence-electron chi connectivity index (χ3n) is 5.26. The average molecular weight is 481 g/mol. The van der Waals surface area contributed by atoms with Crippen LogP contribution in [0.25, 0.3) is 0 Å². The smallest absolute Gasteiger partial charge is 0.254 e. The minimum Gasteiger partial charge on any atom is -0.493 e. The van der Waals surface area contributed by atoms with Crippen LogP contribution in [0.3, 0.4) is 0 Å². The van der Waals surface area contributed by atoms with Crippen molar-refractivity contribution in [1.82, 2.24) is 9.80 Å². The quantitative estimate of drug-likeness (QED) is 0.530. The molecule has 2 amide bonds. The van der Waals surface area contributed by atoms with E-state index in [4.69, 9.17) is 37.4 Å². The number of halogens is 2. The first-order valence-corrected chi connectivity index (χ1v) is 11.1. The summed E-state index contributed by atoms with van der Waals surface area (Å²) in [6.45, 7) is 2.32. The number of rotatable bonds is 8. The van der Waals surface area contributed by atoms with Crippen molar-refractivity contribution in [1.29, 1.82) is 0 Å². The van der Waals surface area contributed by atoms with E-state index in [0.717, 1.165) is 0 Å². The molecule has 1 fully saturated rings. The number of carbonyl (C=O) groups excluding carboxylic acids is 2. The highest BCUT2D eigenvalue weighted by molar-refractivity contribution is 6.42. The highest BCUT2D eigenvalue weighted by Gasteiger charge is 2.25. The molecule has 3 rings (SSSR count). The zero-order valence-electron chi connectivity index (χ0n) is 18.1. The average Bonchev–Trinajstić information content (AvgIpc) is 2.83. The van der Waals surface area contributed by atoms with Crippen LogP contribution in [-0.4, -0.2) is 68.6 Å². The van der Waals surface area contributed by atoms with E-state index in [1.54, 1.807) is 53.3 Å². The van der Waals surface area contributed by atoms with Gasteiger partial charge < -0.3 is 24.0 Å². The van der Waals surface area contributed by atoms with E-state index < -0.39 is 0 Å². The van der Waals surface area contributed by atoms with E-state index in [1.165, 1.54) is 7.11 Å². The van der Waals surface area contributed by atoms with Gasteiger partial charge >= 0.3 is 0 Å². The molecular weight excluding hydrogens is 455 g/mol. The number of hydrogen-bond donors (Lipinski definition) is 0. The maximum Gasteiger partial charge on any atom is 0.254 e. The first kappa shape index (κ1) is 24.0. The molecule has 0 saturated carbocycles. The molecule has 1 heterocycles. The predicted molar refractivity (Wildman–Crippen MR) is 123 cm³/mol. The number of nitrogens with zero attached hydrogens (tertiary/aromatic N) is 2. The minimum absolute atomic E-state index is 0.0454. The SMILES string of the molecule is COc1ccc(C(=O)N2CCN(C(=O)CCCOc3cccc(Cl)c3Cl)CC2)cc1OC. The molecule has 9 heteroatoms. The van der Waals surface area contributed by atoms with Gasteiger partial charge in [0, 0.05) is 38.2 Å². The number of carbonyl (C=O) groups is 2. The number of methoxy groups -OCH3 is 2. The summed E-state index contributed by atoms with van der Waals surface area (Å²) in [5.74, 6) is 1.54. The Morgan fingerprint density at radius 2 is 1.59 bits per heavy atom. The van der Waals surface area contributed by atoms with Gasteiger partial charge in [-0.3, -0.25) is 9.59 Å². The summed E-state index contributed by atoms with van der Waals surface area (Å²) in [5.41, 5.74) is 0.527. The number of hydrogen-bond acceptors (Lipinski definition) is 5. The van der Waals surface area contributed by atoms with Crippen molar-refractivity contribution in [2.24, 2.45) is 0 Å². The van der Waals surface area contributed by atoms with Crippen molar-refractivity contribution in [2.45, 2.75) is 12.8 Å². The van der Waals surface area contributed by atoms with E-state index >= 15 is 0 Å². The molecule has 1 aliphatic heterocycles. The minimum atomic E-state index is -0.0927. The number of benzene rings is 2. The van der Waals surface area contributed by atoms with E-state index in [1.807, 2.05) is 0 Å². The maximum absolute atomic E-state index is 12.8. The summed E-state index contributed by atoms with van der Waals surface area (Å²) in [4.78, 5) is 28.9. The fourth-order valence-corrected chi connectivity index (χ4v) is 3.82. The number of amides is 2. The van der Waals surface area contributed by atoms with Crippen LogP contribution in [0, 0.1) is 0 Å². The summed E-state index contributed by atoms with van der Waals surface area (Å²) < 4.78 is 16.1. The second-order valence-electron chi connectivity index (χ2n) is 7.25. The molecule has 1 saturated heterocycles. The van der Waals surface area contributed by atoms with Gasteiger partial charge in [-0.1, -0.05) is 29.3 Å². The lowest BCUT2D eigenvalue weighted by atomic mass is 10.1. The Morgan fingerprint density at radius 1 is 0.906 bits per heavy atom. The molecule has 0 spiro atoms. The fraction of sp³-hybridized carbons (Fsp3) is 0.391. The Morgan fingerprint density at radius 3 is 2.28 bits per heavy atom. The van der Waals surface area contributed by atoms with Gasteiger partial charge in [0.05, 0.1) is 25.8 Å². The Kier molecular flexibility index (Phi) is 8.47. The molecule has 32 heavy (non-hydrogen) atoms. The van der Waals surface area contributed by atoms with E-state index in [-0.39, 0.29) is 11.8 Å². The summed E-state index contributed by atoms with van der Waals surface area (Å²) >= 11 is 12.1. The summed E-state index contributed by atoms with van der Waals surface area (Å²) in [5, 5.41) is 0.802. The Balaban J connectivity index is 1.44. The largest absolute Gasteiger partial charge is 0.493 e. The third kappa shape index (κ3) is 5.78. The van der Waals surface area contributed by atoms with Crippen LogP contribution in [0.1, 0.15) is 23.2 Å². The van der Waals surface area contributed by atoms with E-state index in [2.05, 4.69) is 0 Å². The van der Waals surface area contributed by atoms with Gasteiger partial charge in [-0.15, -0.1) is 0 Å². The highest BCUT2D eigenvalue weighted by Crippen LogP contribution is 2.31. The monoisotopic (exact) mass is 480 g/mol. The van der Waals surface area contributed by atoms with Crippen LogP contribution in [-0.2, 0) is 4.79 Å². The lowest BCUT2D eigenvalue weighted by Crippen LogP contribution is -2.50. The zero-order chi connectivity index (χ0) is 23.1. The van der Waals surface area contributed by atoms with Gasteiger partial charge in [-0.2, -0.15) is 0 Å². The molecule has 0 bridgehead atoms. The zero-order valence-corrected chi connectivity index (χ0v) is 19.6. The van der Waals surface area contributed by atoms with Crippen molar-refractivity contribution >= 4 is 35.0 Å². The normalized spacial score (nSPS) is 13.6. The van der Waals surface area contributed by atoms with Crippen molar-refractivity contribution in [3.8, 4) is 17.2 Å². The first-order valence-electron chi connectivity index (χ1n) is 10.3. The molecule has 0 atom stereocenters. The molecule has 0 unspecified atom stereocenters. The molecule has 0 radical (unpaired) electrons. The van der Waals surface area contributed by atoms with Gasteiger partial charge in [0.25, 0.3) is 5.91 Å². The van der Waals surface area contributed by atoms with Gasteiger partial charge in [-0.05, 0) is 36.8 Å². The number of ether oxygens (including phenoxy) is 3. The predicted octanol–water partition coefficient (Wildman–Crippen LogP) is 4.15. The Bertz CT molecular complexity index is 961. The van der Waals surface area contributed by atoms with Gasteiger partial charge in [0.2, 0.25) is 5.91 Å². The molecule has 0 aromatic heterocycles. The van der Waals surface area contributed by atoms with E-state index in [9.17, 15) is 9.59 Å². The highest BCUT2D eigenvalue weighted by atomic mass is 35.5. The Labute approximate surface area is 197 Å². The first-order chi connectivity index (χ1) is 15.4. The topological polar surface area (TPSA) is 68.3 Å². The molecule has 0 N–H and O–H groups in total. The van der Waals surface area contributed by atoms with Gasteiger partial charge in [0.15, 0.2) is 11.5 Å². The van der Waals surface area contributed by atoms with Crippen molar-refractivity contribution < 1.29 is 23.8 Å². The molecule has 172 valence electrons. The third-order valence-corrected chi connectivity index (χ3v) is 6.06. The lowest BCUT2D eigenvalue weighted by Gasteiger charge is -2.35. The van der Waals surface area contributed by atoms with Crippen LogP contribution in [0.2, 0.25) is 10.0 Å². The van der Waals surface area contributed by atoms with Gasteiger partial charge in [-0.25, -0.2) is 0 Å². The molecule has 0 aliphatic carbocycles. The molecule has 1 aliphatic rings. The summed E-state index contributed by atoms with van der Waals surface area (Å²) in [6.07, 6.45) is 0.925. The van der Waals surface area contributed by atoms with Crippen LogP contribution < -0.4 is 14.2 Å². The van der Waals surface area contributed by atoms with Crippen molar-refractivity contribution in [3.63, 3.8) is 0 Å². The van der Waals surface area contributed by atoms with Crippen LogP contribution in [0.5, 0.6) is 17.2 Å². The second kappa shape index (κ2) is 11.3. The summed E-state index contributed by atoms with van der Waals surface area (Å²) in [6, 6.07) is 10.3. The molecule has 7 nitrogen and oxygen atoms in total. The van der Waals surface area contributed by atoms with Gasteiger partial charge in [0.1, 0.15) is 10.8 Å². The maximum atomic E-state index is 12.8. The van der Waals surface area contributed by atoms with Crippen LogP contribution in [0.4, 0.5) is 0 Å². The van der Waals surface area contributed by atoms with Crippen LogP contribution >= 0.6 is 23.2 Å². The van der Waals surface area contributed by atoms with Crippen molar-refractivity contribution in [3.05, 3.63) is 52.0 Å². The Hall–Kier alpha value is -2.64. The second-order valence-corrected chi connectivity index (χ2v) is 8.03. The number of piperazine rings is 1. The summed E-state index contributed by atoms with van der Waals surface area (Å²) in [7, 11) is 3.08.